The first-order chi connectivity index (χ1) is 10.2. The second kappa shape index (κ2) is 6.22. The van der Waals surface area contributed by atoms with Crippen LogP contribution >= 0.6 is 0 Å². The van der Waals surface area contributed by atoms with Gasteiger partial charge in [-0.3, -0.25) is 14.3 Å². The van der Waals surface area contributed by atoms with Crippen molar-refractivity contribution in [3.8, 4) is 0 Å². The van der Waals surface area contributed by atoms with Crippen LogP contribution in [0.25, 0.3) is 6.08 Å². The standard InChI is InChI=1S/C16H24N2O4/c1-5-12-11(19)8-13(22-12)18-9-10(6-7-16(2,3)4)14(20)17-15(18)21/h6-7,9,11-13,19H,5,8H2,1-4H3,(H,17,20,21)/b7-6+/t11-,12-,13-/m1/s1. The predicted molar refractivity (Wildman–Crippen MR) is 84.6 cm³/mol. The van der Waals surface area contributed by atoms with Gasteiger partial charge in [0.15, 0.2) is 0 Å². The number of rotatable bonds is 3. The average Bonchev–Trinajstić information content (AvgIpc) is 2.77. The van der Waals surface area contributed by atoms with Crippen LogP contribution in [0.2, 0.25) is 0 Å². The van der Waals surface area contributed by atoms with Gasteiger partial charge in [-0.2, -0.15) is 0 Å². The van der Waals surface area contributed by atoms with E-state index in [1.165, 1.54) is 10.8 Å². The molecule has 6 heteroatoms. The highest BCUT2D eigenvalue weighted by Gasteiger charge is 2.34. The number of aliphatic hydroxyl groups excluding tert-OH is 1. The highest BCUT2D eigenvalue weighted by Crippen LogP contribution is 2.29. The highest BCUT2D eigenvalue weighted by molar-refractivity contribution is 5.47. The van der Waals surface area contributed by atoms with E-state index in [0.717, 1.165) is 0 Å². The minimum Gasteiger partial charge on any atom is -0.390 e. The fourth-order valence-electron chi connectivity index (χ4n) is 2.43. The van der Waals surface area contributed by atoms with E-state index in [0.29, 0.717) is 18.4 Å². The maximum atomic E-state index is 12.0. The number of H-pyrrole nitrogens is 1. The van der Waals surface area contributed by atoms with Crippen molar-refractivity contribution >= 4 is 6.08 Å². The Bertz CT molecular complexity index is 666. The molecule has 2 rings (SSSR count). The molecule has 1 aliphatic heterocycles. The average molecular weight is 308 g/mol. The minimum atomic E-state index is -0.595. The molecule has 0 aromatic carbocycles. The molecule has 6 nitrogen and oxygen atoms in total. The predicted octanol–water partition coefficient (Wildman–Crippen LogP) is 1.65. The van der Waals surface area contributed by atoms with E-state index in [9.17, 15) is 14.7 Å². The summed E-state index contributed by atoms with van der Waals surface area (Å²) in [5.74, 6) is 0. The van der Waals surface area contributed by atoms with Gasteiger partial charge >= 0.3 is 5.69 Å². The molecule has 0 unspecified atom stereocenters. The zero-order valence-corrected chi connectivity index (χ0v) is 13.5. The summed E-state index contributed by atoms with van der Waals surface area (Å²) in [6.07, 6.45) is 4.70. The summed E-state index contributed by atoms with van der Waals surface area (Å²) >= 11 is 0. The van der Waals surface area contributed by atoms with E-state index in [4.69, 9.17) is 4.74 Å². The molecule has 22 heavy (non-hydrogen) atoms. The zero-order valence-electron chi connectivity index (χ0n) is 13.5. The first-order valence-corrected chi connectivity index (χ1v) is 7.59. The second-order valence-corrected chi connectivity index (χ2v) is 6.79. The van der Waals surface area contributed by atoms with Crippen LogP contribution in [0.5, 0.6) is 0 Å². The number of ether oxygens (including phenoxy) is 1. The largest absolute Gasteiger partial charge is 0.390 e. The molecule has 122 valence electrons. The van der Waals surface area contributed by atoms with Crippen LogP contribution in [0.4, 0.5) is 0 Å². The quantitative estimate of drug-likeness (QED) is 0.889. The van der Waals surface area contributed by atoms with E-state index in [2.05, 4.69) is 4.98 Å². The van der Waals surface area contributed by atoms with Crippen LogP contribution in [0, 0.1) is 5.41 Å². The zero-order chi connectivity index (χ0) is 16.5. The third-order valence-electron chi connectivity index (χ3n) is 3.68. The number of aromatic amines is 1. The third kappa shape index (κ3) is 3.75. The summed E-state index contributed by atoms with van der Waals surface area (Å²) in [6, 6.07) is 0. The van der Waals surface area contributed by atoms with E-state index < -0.39 is 23.6 Å². The van der Waals surface area contributed by atoms with Crippen molar-refractivity contribution < 1.29 is 9.84 Å². The molecule has 0 aliphatic carbocycles. The molecule has 1 saturated heterocycles. The molecule has 3 atom stereocenters. The molecule has 0 radical (unpaired) electrons. The maximum absolute atomic E-state index is 12.0. The van der Waals surface area contributed by atoms with E-state index >= 15 is 0 Å². The van der Waals surface area contributed by atoms with Gasteiger partial charge in [0.05, 0.1) is 17.8 Å². The van der Waals surface area contributed by atoms with Gasteiger partial charge in [0.1, 0.15) is 6.23 Å². The lowest BCUT2D eigenvalue weighted by atomic mass is 9.96. The Morgan fingerprint density at radius 2 is 2.14 bits per heavy atom. The van der Waals surface area contributed by atoms with Crippen LogP contribution in [-0.2, 0) is 4.74 Å². The Hall–Kier alpha value is -1.66. The number of hydrogen-bond acceptors (Lipinski definition) is 4. The summed E-state index contributed by atoms with van der Waals surface area (Å²) in [7, 11) is 0. The minimum absolute atomic E-state index is 0.0687. The second-order valence-electron chi connectivity index (χ2n) is 6.79. The van der Waals surface area contributed by atoms with Crippen molar-refractivity contribution in [3.63, 3.8) is 0 Å². The molecule has 1 aromatic rings. The number of nitrogens with one attached hydrogen (secondary N) is 1. The fraction of sp³-hybridized carbons (Fsp3) is 0.625. The lowest BCUT2D eigenvalue weighted by Gasteiger charge is -2.15. The molecule has 2 N–H and O–H groups in total. The van der Waals surface area contributed by atoms with Crippen molar-refractivity contribution in [2.24, 2.45) is 5.41 Å². The fourth-order valence-corrected chi connectivity index (χ4v) is 2.43. The molecule has 1 aliphatic rings. The number of aliphatic hydroxyl groups is 1. The van der Waals surface area contributed by atoms with Gasteiger partial charge in [-0.05, 0) is 11.8 Å². The molecule has 1 fully saturated rings. The number of hydrogen-bond donors (Lipinski definition) is 2. The van der Waals surface area contributed by atoms with E-state index in [1.54, 1.807) is 6.08 Å². The van der Waals surface area contributed by atoms with Gasteiger partial charge in [-0.15, -0.1) is 0 Å². The summed E-state index contributed by atoms with van der Waals surface area (Å²) in [6.45, 7) is 7.99. The van der Waals surface area contributed by atoms with Gasteiger partial charge in [0, 0.05) is 12.6 Å². The molecular formula is C16H24N2O4. The number of allylic oxidation sites excluding steroid dienone is 1. The Labute approximate surface area is 129 Å². The molecule has 0 spiro atoms. The van der Waals surface area contributed by atoms with Gasteiger partial charge in [-0.25, -0.2) is 4.79 Å². The maximum Gasteiger partial charge on any atom is 0.330 e. The van der Waals surface area contributed by atoms with Crippen molar-refractivity contribution in [3.05, 3.63) is 38.7 Å². The molecule has 1 aromatic heterocycles. The molecule has 0 bridgehead atoms. The lowest BCUT2D eigenvalue weighted by molar-refractivity contribution is -0.0217. The van der Waals surface area contributed by atoms with Crippen LogP contribution in [-0.4, -0.2) is 26.9 Å². The summed E-state index contributed by atoms with van der Waals surface area (Å²) in [4.78, 5) is 26.2. The first-order valence-electron chi connectivity index (χ1n) is 7.59. The van der Waals surface area contributed by atoms with Crippen LogP contribution in [0.15, 0.2) is 21.9 Å². The van der Waals surface area contributed by atoms with Gasteiger partial charge in [0.2, 0.25) is 0 Å². The van der Waals surface area contributed by atoms with Crippen LogP contribution in [0.3, 0.4) is 0 Å². The van der Waals surface area contributed by atoms with Crippen LogP contribution in [0.1, 0.15) is 52.3 Å². The Balaban J connectivity index is 2.36. The SMILES string of the molecule is CC[C@H]1O[C@@H](n2cc(/C=C/C(C)(C)C)c(=O)[nH]c2=O)C[C@H]1O. The summed E-state index contributed by atoms with van der Waals surface area (Å²) in [5.41, 5.74) is -0.618. The first kappa shape index (κ1) is 16.7. The summed E-state index contributed by atoms with van der Waals surface area (Å²) < 4.78 is 7.05. The number of nitrogens with zero attached hydrogens (tertiary/aromatic N) is 1. The molecular weight excluding hydrogens is 284 g/mol. The van der Waals surface area contributed by atoms with Crippen molar-refractivity contribution in [2.75, 3.05) is 0 Å². The van der Waals surface area contributed by atoms with Crippen molar-refractivity contribution in [1.82, 2.24) is 9.55 Å². The van der Waals surface area contributed by atoms with E-state index in [1.807, 2.05) is 33.8 Å². The van der Waals surface area contributed by atoms with E-state index in [-0.39, 0.29) is 11.5 Å². The Morgan fingerprint density at radius 1 is 1.45 bits per heavy atom. The van der Waals surface area contributed by atoms with Gasteiger partial charge in [-0.1, -0.05) is 39.8 Å². The smallest absolute Gasteiger partial charge is 0.330 e. The van der Waals surface area contributed by atoms with Crippen molar-refractivity contribution in [2.45, 2.75) is 59.0 Å². The van der Waals surface area contributed by atoms with Gasteiger partial charge < -0.3 is 9.84 Å². The molecule has 0 amide bonds. The van der Waals surface area contributed by atoms with Crippen LogP contribution < -0.4 is 11.2 Å². The molecule has 2 heterocycles. The number of aromatic nitrogens is 2. The Morgan fingerprint density at radius 3 is 2.68 bits per heavy atom. The third-order valence-corrected chi connectivity index (χ3v) is 3.68. The topological polar surface area (TPSA) is 84.3 Å². The lowest BCUT2D eigenvalue weighted by Crippen LogP contribution is -2.33. The monoisotopic (exact) mass is 308 g/mol. The Kier molecular flexibility index (Phi) is 4.72. The highest BCUT2D eigenvalue weighted by atomic mass is 16.5. The normalized spacial score (nSPS) is 26.0. The van der Waals surface area contributed by atoms with Gasteiger partial charge in [0.25, 0.3) is 5.56 Å². The summed E-state index contributed by atoms with van der Waals surface area (Å²) in [5, 5.41) is 9.92. The molecule has 0 saturated carbocycles. The van der Waals surface area contributed by atoms with Crippen molar-refractivity contribution in [1.29, 1.82) is 0 Å².